The van der Waals surface area contributed by atoms with Crippen LogP contribution in [0.25, 0.3) is 0 Å². The predicted molar refractivity (Wildman–Crippen MR) is 63.0 cm³/mol. The van der Waals surface area contributed by atoms with Gasteiger partial charge in [0.2, 0.25) is 0 Å². The molecule has 0 aliphatic rings. The van der Waals surface area contributed by atoms with Crippen molar-refractivity contribution < 1.29 is 0 Å². The largest absolute Gasteiger partial charge is 0.326 e. The first-order chi connectivity index (χ1) is 7.78. The summed E-state index contributed by atoms with van der Waals surface area (Å²) in [5.41, 5.74) is 7.57. The number of hydrogen-bond donors (Lipinski definition) is 1. The number of nitrogens with two attached hydrogens (primary N) is 1. The molecule has 0 aliphatic heterocycles. The Balaban J connectivity index is 2.11. The summed E-state index contributed by atoms with van der Waals surface area (Å²) in [4.78, 5) is 12.7. The monoisotopic (exact) mass is 232 g/mol. The average Bonchev–Trinajstić information content (AvgIpc) is 2.33. The van der Waals surface area contributed by atoms with Gasteiger partial charge in [-0.05, 0) is 35.9 Å². The molecule has 0 fully saturated rings. The minimum absolute atomic E-state index is 0.513. The van der Waals surface area contributed by atoms with Gasteiger partial charge in [-0.15, -0.1) is 0 Å². The van der Waals surface area contributed by atoms with Crippen LogP contribution in [0.3, 0.4) is 0 Å². The normalized spacial score (nSPS) is 10.4. The number of aromatic nitrogens is 3. The molecule has 0 bridgehead atoms. The highest BCUT2D eigenvalue weighted by molar-refractivity contribution is 7.99. The molecule has 0 spiro atoms. The fraction of sp³-hybridized carbons (Fsp3) is 0.182. The lowest BCUT2D eigenvalue weighted by Gasteiger charge is -2.00. The molecule has 0 radical (unpaired) electrons. The Morgan fingerprint density at radius 3 is 2.44 bits per heavy atom. The fourth-order valence-corrected chi connectivity index (χ4v) is 1.76. The molecule has 16 heavy (non-hydrogen) atoms. The number of nitrogens with zero attached hydrogens (tertiary/aromatic N) is 3. The second kappa shape index (κ2) is 5.05. The van der Waals surface area contributed by atoms with Crippen LogP contribution in [-0.4, -0.2) is 15.0 Å². The van der Waals surface area contributed by atoms with Crippen molar-refractivity contribution in [1.82, 2.24) is 15.0 Å². The number of rotatable bonds is 3. The summed E-state index contributed by atoms with van der Waals surface area (Å²) in [7, 11) is 0. The molecule has 0 saturated heterocycles. The van der Waals surface area contributed by atoms with E-state index in [4.69, 9.17) is 5.73 Å². The Kier molecular flexibility index (Phi) is 3.48. The first kappa shape index (κ1) is 11.0. The maximum absolute atomic E-state index is 5.50. The molecule has 0 amide bonds. The van der Waals surface area contributed by atoms with E-state index in [0.29, 0.717) is 11.7 Å². The lowest BCUT2D eigenvalue weighted by atomic mass is 10.3. The minimum Gasteiger partial charge on any atom is -0.326 e. The van der Waals surface area contributed by atoms with Gasteiger partial charge in [-0.3, -0.25) is 0 Å². The highest BCUT2D eigenvalue weighted by Crippen LogP contribution is 2.21. The van der Waals surface area contributed by atoms with Crippen LogP contribution in [0.4, 0.5) is 0 Å². The molecular formula is C11H12N4S. The zero-order valence-corrected chi connectivity index (χ0v) is 9.74. The van der Waals surface area contributed by atoms with E-state index in [1.807, 2.05) is 19.1 Å². The van der Waals surface area contributed by atoms with Gasteiger partial charge < -0.3 is 5.73 Å². The average molecular weight is 232 g/mol. The SMILES string of the molecule is Cc1cnc(Sc2ccc(CN)cn2)nc1. The lowest BCUT2D eigenvalue weighted by Crippen LogP contribution is -1.96. The summed E-state index contributed by atoms with van der Waals surface area (Å²) in [5, 5.41) is 1.58. The van der Waals surface area contributed by atoms with Gasteiger partial charge in [0.05, 0.1) is 0 Å². The van der Waals surface area contributed by atoms with Gasteiger partial charge in [0.25, 0.3) is 0 Å². The molecule has 0 aliphatic carbocycles. The third kappa shape index (κ3) is 2.77. The van der Waals surface area contributed by atoms with Gasteiger partial charge in [0.15, 0.2) is 5.16 Å². The summed E-state index contributed by atoms with van der Waals surface area (Å²) in [5.74, 6) is 0. The molecule has 2 heterocycles. The first-order valence-electron chi connectivity index (χ1n) is 4.89. The molecule has 82 valence electrons. The zero-order valence-electron chi connectivity index (χ0n) is 8.92. The van der Waals surface area contributed by atoms with Crippen molar-refractivity contribution in [3.63, 3.8) is 0 Å². The van der Waals surface area contributed by atoms with E-state index in [2.05, 4.69) is 15.0 Å². The van der Waals surface area contributed by atoms with Crippen LogP contribution in [0, 0.1) is 6.92 Å². The van der Waals surface area contributed by atoms with Gasteiger partial charge in [-0.25, -0.2) is 15.0 Å². The third-order valence-electron chi connectivity index (χ3n) is 1.99. The van der Waals surface area contributed by atoms with Crippen molar-refractivity contribution in [1.29, 1.82) is 0 Å². The summed E-state index contributed by atoms with van der Waals surface area (Å²) >= 11 is 1.44. The van der Waals surface area contributed by atoms with Crippen molar-refractivity contribution in [3.8, 4) is 0 Å². The van der Waals surface area contributed by atoms with E-state index in [-0.39, 0.29) is 0 Å². The second-order valence-corrected chi connectivity index (χ2v) is 4.34. The first-order valence-corrected chi connectivity index (χ1v) is 5.71. The van der Waals surface area contributed by atoms with Gasteiger partial charge >= 0.3 is 0 Å². The fourth-order valence-electron chi connectivity index (χ4n) is 1.12. The lowest BCUT2D eigenvalue weighted by molar-refractivity contribution is 0.941. The second-order valence-electron chi connectivity index (χ2n) is 3.35. The van der Waals surface area contributed by atoms with Gasteiger partial charge in [-0.2, -0.15) is 0 Å². The van der Waals surface area contributed by atoms with Crippen LogP contribution in [0.2, 0.25) is 0 Å². The van der Waals surface area contributed by atoms with E-state index in [9.17, 15) is 0 Å². The number of hydrogen-bond acceptors (Lipinski definition) is 5. The van der Waals surface area contributed by atoms with E-state index in [0.717, 1.165) is 16.2 Å². The molecule has 5 heteroatoms. The molecule has 2 aromatic heterocycles. The minimum atomic E-state index is 0.513. The summed E-state index contributed by atoms with van der Waals surface area (Å²) < 4.78 is 0. The standard InChI is InChI=1S/C11H12N4S/c1-8-5-14-11(15-6-8)16-10-3-2-9(4-12)7-13-10/h2-3,5-7H,4,12H2,1H3. The Morgan fingerprint density at radius 2 is 1.88 bits per heavy atom. The molecule has 0 saturated carbocycles. The van der Waals surface area contributed by atoms with Crippen molar-refractivity contribution >= 4 is 11.8 Å². The molecule has 0 unspecified atom stereocenters. The van der Waals surface area contributed by atoms with Gasteiger partial charge in [-0.1, -0.05) is 6.07 Å². The maximum atomic E-state index is 5.50. The molecule has 2 N–H and O–H groups in total. The van der Waals surface area contributed by atoms with Crippen molar-refractivity contribution in [2.24, 2.45) is 5.73 Å². The van der Waals surface area contributed by atoms with Crippen molar-refractivity contribution in [3.05, 3.63) is 41.9 Å². The van der Waals surface area contributed by atoms with Gasteiger partial charge in [0.1, 0.15) is 5.03 Å². The Hall–Kier alpha value is -1.46. The summed E-state index contributed by atoms with van der Waals surface area (Å²) in [6, 6.07) is 3.89. The Labute approximate surface area is 98.3 Å². The van der Waals surface area contributed by atoms with Crippen LogP contribution < -0.4 is 5.73 Å². The summed E-state index contributed by atoms with van der Waals surface area (Å²) in [6.45, 7) is 2.47. The van der Waals surface area contributed by atoms with E-state index >= 15 is 0 Å². The van der Waals surface area contributed by atoms with E-state index in [1.165, 1.54) is 11.8 Å². The van der Waals surface area contributed by atoms with Crippen LogP contribution in [-0.2, 0) is 6.54 Å². The van der Waals surface area contributed by atoms with Crippen LogP contribution in [0.5, 0.6) is 0 Å². The smallest absolute Gasteiger partial charge is 0.193 e. The molecule has 2 rings (SSSR count). The molecular weight excluding hydrogens is 220 g/mol. The Morgan fingerprint density at radius 1 is 1.12 bits per heavy atom. The highest BCUT2D eigenvalue weighted by atomic mass is 32.2. The topological polar surface area (TPSA) is 64.7 Å². The van der Waals surface area contributed by atoms with Gasteiger partial charge in [0, 0.05) is 25.1 Å². The maximum Gasteiger partial charge on any atom is 0.193 e. The van der Waals surface area contributed by atoms with Crippen LogP contribution in [0.15, 0.2) is 40.9 Å². The third-order valence-corrected chi connectivity index (χ3v) is 2.83. The molecule has 0 atom stereocenters. The molecule has 2 aromatic rings. The quantitative estimate of drug-likeness (QED) is 0.817. The Bertz CT molecular complexity index is 452. The van der Waals surface area contributed by atoms with E-state index in [1.54, 1.807) is 18.6 Å². The van der Waals surface area contributed by atoms with Crippen molar-refractivity contribution in [2.75, 3.05) is 0 Å². The molecule has 4 nitrogen and oxygen atoms in total. The number of aryl methyl sites for hydroxylation is 1. The van der Waals surface area contributed by atoms with Crippen LogP contribution in [0.1, 0.15) is 11.1 Å². The zero-order chi connectivity index (χ0) is 11.4. The van der Waals surface area contributed by atoms with E-state index < -0.39 is 0 Å². The summed E-state index contributed by atoms with van der Waals surface area (Å²) in [6.07, 6.45) is 5.36. The van der Waals surface area contributed by atoms with Crippen LogP contribution >= 0.6 is 11.8 Å². The van der Waals surface area contributed by atoms with Crippen molar-refractivity contribution in [2.45, 2.75) is 23.7 Å². The predicted octanol–water partition coefficient (Wildman–Crippen LogP) is 1.79. The molecule has 0 aromatic carbocycles. The number of pyridine rings is 1. The highest BCUT2D eigenvalue weighted by Gasteiger charge is 2.01.